The lowest BCUT2D eigenvalue weighted by Crippen LogP contribution is -2.35. The highest BCUT2D eigenvalue weighted by molar-refractivity contribution is 8.00. The van der Waals surface area contributed by atoms with Gasteiger partial charge in [0, 0.05) is 17.3 Å². The first-order valence-electron chi connectivity index (χ1n) is 7.34. The van der Waals surface area contributed by atoms with Gasteiger partial charge in [0.15, 0.2) is 5.16 Å². The van der Waals surface area contributed by atoms with Crippen LogP contribution < -0.4 is 5.32 Å². The van der Waals surface area contributed by atoms with E-state index >= 15 is 0 Å². The third-order valence-electron chi connectivity index (χ3n) is 2.99. The number of benzene rings is 1. The fraction of sp³-hybridized carbons (Fsp3) is 0.353. The van der Waals surface area contributed by atoms with Gasteiger partial charge >= 0.3 is 0 Å². The van der Waals surface area contributed by atoms with Gasteiger partial charge in [-0.2, -0.15) is 0 Å². The third kappa shape index (κ3) is 4.56. The molecule has 0 saturated heterocycles. The van der Waals surface area contributed by atoms with E-state index in [1.165, 1.54) is 11.8 Å². The first-order valence-corrected chi connectivity index (χ1v) is 8.22. The van der Waals surface area contributed by atoms with E-state index in [0.29, 0.717) is 5.16 Å². The maximum absolute atomic E-state index is 12.0. The maximum atomic E-state index is 12.0. The summed E-state index contributed by atoms with van der Waals surface area (Å²) in [5, 5.41) is 3.31. The number of amides is 1. The topological polar surface area (TPSA) is 54.9 Å². The first kappa shape index (κ1) is 16.5. The highest BCUT2D eigenvalue weighted by atomic mass is 32.2. The molecule has 0 saturated carbocycles. The third-order valence-corrected chi connectivity index (χ3v) is 3.95. The van der Waals surface area contributed by atoms with Crippen LogP contribution in [0.1, 0.15) is 26.5 Å². The van der Waals surface area contributed by atoms with Crippen LogP contribution in [0.5, 0.6) is 0 Å². The van der Waals surface area contributed by atoms with Crippen molar-refractivity contribution in [3.8, 4) is 11.3 Å². The van der Waals surface area contributed by atoms with Gasteiger partial charge in [-0.1, -0.05) is 42.1 Å². The van der Waals surface area contributed by atoms with Crippen LogP contribution in [0.15, 0.2) is 41.6 Å². The molecule has 5 heteroatoms. The molecule has 0 aliphatic heterocycles. The van der Waals surface area contributed by atoms with Crippen LogP contribution in [0.2, 0.25) is 0 Å². The van der Waals surface area contributed by atoms with Gasteiger partial charge in [-0.15, -0.1) is 0 Å². The standard InChI is InChI=1S/C17H21N3OS/c1-11(2)18-16(21)13(4)22-17-19-12(3)10-15(20-17)14-8-6-5-7-9-14/h5-11,13H,1-4H3,(H,18,21)/t13-/m0/s1. The van der Waals surface area contributed by atoms with Gasteiger partial charge in [-0.25, -0.2) is 9.97 Å². The highest BCUT2D eigenvalue weighted by Crippen LogP contribution is 2.24. The smallest absolute Gasteiger partial charge is 0.233 e. The SMILES string of the molecule is Cc1cc(-c2ccccc2)nc(S[C@@H](C)C(=O)NC(C)C)n1. The van der Waals surface area contributed by atoms with Gasteiger partial charge in [0.05, 0.1) is 10.9 Å². The first-order chi connectivity index (χ1) is 10.5. The molecule has 0 radical (unpaired) electrons. The molecule has 0 bridgehead atoms. The number of nitrogens with zero attached hydrogens (tertiary/aromatic N) is 2. The molecule has 1 N–H and O–H groups in total. The minimum Gasteiger partial charge on any atom is -0.353 e. The second-order valence-corrected chi connectivity index (χ2v) is 6.77. The number of aryl methyl sites for hydroxylation is 1. The molecule has 1 amide bonds. The summed E-state index contributed by atoms with van der Waals surface area (Å²) in [5.41, 5.74) is 2.83. The lowest BCUT2D eigenvalue weighted by atomic mass is 10.1. The van der Waals surface area contributed by atoms with Crippen LogP contribution in [0.3, 0.4) is 0 Å². The van der Waals surface area contributed by atoms with Crippen molar-refractivity contribution in [3.05, 3.63) is 42.1 Å². The molecular weight excluding hydrogens is 294 g/mol. The lowest BCUT2D eigenvalue weighted by Gasteiger charge is -2.14. The van der Waals surface area contributed by atoms with Gasteiger partial charge in [0.2, 0.25) is 5.91 Å². The van der Waals surface area contributed by atoms with Crippen molar-refractivity contribution in [2.75, 3.05) is 0 Å². The Kier molecular flexibility index (Phi) is 5.55. The summed E-state index contributed by atoms with van der Waals surface area (Å²) < 4.78 is 0. The summed E-state index contributed by atoms with van der Waals surface area (Å²) >= 11 is 1.38. The molecule has 2 rings (SSSR count). The van der Waals surface area contributed by atoms with E-state index in [9.17, 15) is 4.79 Å². The van der Waals surface area contributed by atoms with Gasteiger partial charge in [0.1, 0.15) is 0 Å². The molecule has 4 nitrogen and oxygen atoms in total. The Labute approximate surface area is 135 Å². The van der Waals surface area contributed by atoms with E-state index in [-0.39, 0.29) is 17.2 Å². The summed E-state index contributed by atoms with van der Waals surface area (Å²) in [6, 6.07) is 12.1. The summed E-state index contributed by atoms with van der Waals surface area (Å²) in [6.07, 6.45) is 0. The number of thioether (sulfide) groups is 1. The average molecular weight is 315 g/mol. The minimum absolute atomic E-state index is 0.00590. The number of nitrogens with one attached hydrogen (secondary N) is 1. The Morgan fingerprint density at radius 1 is 1.14 bits per heavy atom. The van der Waals surface area contributed by atoms with Crippen LogP contribution in [-0.2, 0) is 4.79 Å². The van der Waals surface area contributed by atoms with Crippen LogP contribution in [-0.4, -0.2) is 27.2 Å². The van der Waals surface area contributed by atoms with Gasteiger partial charge < -0.3 is 5.32 Å². The van der Waals surface area contributed by atoms with Gasteiger partial charge in [-0.3, -0.25) is 4.79 Å². The van der Waals surface area contributed by atoms with Crippen molar-refractivity contribution in [3.63, 3.8) is 0 Å². The fourth-order valence-electron chi connectivity index (χ4n) is 1.96. The van der Waals surface area contributed by atoms with Crippen molar-refractivity contribution in [2.45, 2.75) is 44.1 Å². The van der Waals surface area contributed by atoms with Crippen molar-refractivity contribution < 1.29 is 4.79 Å². The Morgan fingerprint density at radius 3 is 2.45 bits per heavy atom. The normalized spacial score (nSPS) is 12.2. The molecule has 0 fully saturated rings. The van der Waals surface area contributed by atoms with Gasteiger partial charge in [0.25, 0.3) is 0 Å². The van der Waals surface area contributed by atoms with E-state index in [0.717, 1.165) is 17.0 Å². The van der Waals surface area contributed by atoms with E-state index in [2.05, 4.69) is 15.3 Å². The zero-order valence-electron chi connectivity index (χ0n) is 13.3. The molecule has 2 aromatic rings. The van der Waals surface area contributed by atoms with Crippen LogP contribution in [0.25, 0.3) is 11.3 Å². The average Bonchev–Trinajstić information content (AvgIpc) is 2.46. The Bertz CT molecular complexity index is 644. The van der Waals surface area contributed by atoms with Crippen molar-refractivity contribution in [1.82, 2.24) is 15.3 Å². The lowest BCUT2D eigenvalue weighted by molar-refractivity contribution is -0.120. The number of hydrogen-bond donors (Lipinski definition) is 1. The molecular formula is C17H21N3OS. The molecule has 1 atom stereocenters. The molecule has 0 unspecified atom stereocenters. The minimum atomic E-state index is -0.229. The fourth-order valence-corrected chi connectivity index (χ4v) is 2.80. The van der Waals surface area contributed by atoms with Crippen LogP contribution in [0.4, 0.5) is 0 Å². The molecule has 1 aromatic heterocycles. The van der Waals surface area contributed by atoms with Crippen LogP contribution in [0, 0.1) is 6.92 Å². The maximum Gasteiger partial charge on any atom is 0.233 e. The van der Waals surface area contributed by atoms with Crippen molar-refractivity contribution in [1.29, 1.82) is 0 Å². The zero-order valence-corrected chi connectivity index (χ0v) is 14.1. The zero-order chi connectivity index (χ0) is 16.1. The Morgan fingerprint density at radius 2 is 1.82 bits per heavy atom. The van der Waals surface area contributed by atoms with Crippen LogP contribution >= 0.6 is 11.8 Å². The number of carbonyl (C=O) groups excluding carboxylic acids is 1. The number of hydrogen-bond acceptors (Lipinski definition) is 4. The number of aromatic nitrogens is 2. The van der Waals surface area contributed by atoms with E-state index in [4.69, 9.17) is 0 Å². The molecule has 1 aromatic carbocycles. The predicted molar refractivity (Wildman–Crippen MR) is 90.8 cm³/mol. The summed E-state index contributed by atoms with van der Waals surface area (Å²) in [5.74, 6) is 0.00590. The monoisotopic (exact) mass is 315 g/mol. The molecule has 116 valence electrons. The summed E-state index contributed by atoms with van der Waals surface area (Å²) in [6.45, 7) is 7.71. The molecule has 22 heavy (non-hydrogen) atoms. The second kappa shape index (κ2) is 7.40. The van der Waals surface area contributed by atoms with Crippen molar-refractivity contribution >= 4 is 17.7 Å². The van der Waals surface area contributed by atoms with Gasteiger partial charge in [-0.05, 0) is 33.8 Å². The van der Waals surface area contributed by atoms with E-state index in [1.54, 1.807) is 0 Å². The quantitative estimate of drug-likeness (QED) is 0.678. The van der Waals surface area contributed by atoms with E-state index in [1.807, 2.05) is 64.1 Å². The second-order valence-electron chi connectivity index (χ2n) is 5.47. The highest BCUT2D eigenvalue weighted by Gasteiger charge is 2.17. The number of carbonyl (C=O) groups is 1. The largest absolute Gasteiger partial charge is 0.353 e. The van der Waals surface area contributed by atoms with Crippen molar-refractivity contribution in [2.24, 2.45) is 0 Å². The number of rotatable bonds is 5. The molecule has 0 aliphatic carbocycles. The summed E-state index contributed by atoms with van der Waals surface area (Å²) in [4.78, 5) is 21.0. The molecule has 0 aliphatic rings. The van der Waals surface area contributed by atoms with E-state index < -0.39 is 0 Å². The summed E-state index contributed by atoms with van der Waals surface area (Å²) in [7, 11) is 0. The Balaban J connectivity index is 2.18. The Hall–Kier alpha value is -1.88. The molecule has 1 heterocycles. The predicted octanol–water partition coefficient (Wildman–Crippen LogP) is 3.46. The molecule has 0 spiro atoms.